The van der Waals surface area contributed by atoms with Gasteiger partial charge < -0.3 is 0 Å². The molecular formula is C2H5PS2. The molecule has 0 N–H and O–H groups in total. The summed E-state index contributed by atoms with van der Waals surface area (Å²) in [5.74, 6) is 1.01. The van der Waals surface area contributed by atoms with Gasteiger partial charge in [-0.15, -0.1) is 0 Å². The predicted octanol–water partition coefficient (Wildman–Crippen LogP) is 1.41. The van der Waals surface area contributed by atoms with Crippen LogP contribution in [0.1, 0.15) is 6.92 Å². The van der Waals surface area contributed by atoms with E-state index in [2.05, 4.69) is 19.0 Å². The molecule has 0 saturated carbocycles. The fourth-order valence-electron chi connectivity index (χ4n) is 0. The third-order valence-electron chi connectivity index (χ3n) is 0.247. The summed E-state index contributed by atoms with van der Waals surface area (Å²) >= 11 is 4.67. The van der Waals surface area contributed by atoms with Gasteiger partial charge in [0, 0.05) is 0 Å². The van der Waals surface area contributed by atoms with Gasteiger partial charge in [0.2, 0.25) is 0 Å². The number of hydrogen-bond acceptors (Lipinski definition) is 1. The Labute approximate surface area is 40.6 Å². The van der Waals surface area contributed by atoms with Gasteiger partial charge in [0.1, 0.15) is 0 Å². The molecule has 0 aliphatic rings. The molecule has 0 aliphatic carbocycles. The van der Waals surface area contributed by atoms with Gasteiger partial charge in [-0.25, -0.2) is 0 Å². The van der Waals surface area contributed by atoms with Crippen LogP contribution in [0.5, 0.6) is 0 Å². The normalized spacial score (nSPS) is 7.20. The van der Waals surface area contributed by atoms with Gasteiger partial charge in [0.25, 0.3) is 0 Å². The molecule has 0 fully saturated rings. The number of rotatable bonds is 0. The van der Waals surface area contributed by atoms with E-state index in [1.807, 2.05) is 6.92 Å². The van der Waals surface area contributed by atoms with Crippen molar-refractivity contribution in [1.82, 2.24) is 0 Å². The molecule has 0 saturated heterocycles. The van der Waals surface area contributed by atoms with E-state index in [0.29, 0.717) is 0 Å². The zero-order valence-corrected chi connectivity index (χ0v) is 5.50. The molecule has 0 heterocycles. The first-order valence-electron chi connectivity index (χ1n) is 1.35. The molecule has 0 nitrogen and oxygen atoms in total. The zero-order valence-electron chi connectivity index (χ0n) is 2.97. The van der Waals surface area contributed by atoms with Crippen molar-refractivity contribution in [2.75, 3.05) is 5.75 Å². The first kappa shape index (κ1) is 5.87. The Hall–Kier alpha value is 0.870. The first-order chi connectivity index (χ1) is 2.27. The fraction of sp³-hybridized carbons (Fsp3) is 1.00. The zero-order chi connectivity index (χ0) is 4.28. The minimum atomic E-state index is -0.0448. The molecule has 5 heavy (non-hydrogen) atoms. The van der Waals surface area contributed by atoms with Crippen molar-refractivity contribution in [2.24, 2.45) is 0 Å². The average Bonchev–Trinajstić information content (AvgIpc) is 1.38. The van der Waals surface area contributed by atoms with Crippen LogP contribution in [0.25, 0.3) is 0 Å². The SMILES string of the molecule is CCS(#P)=S. The van der Waals surface area contributed by atoms with Crippen molar-refractivity contribution in [3.63, 3.8) is 0 Å². The van der Waals surface area contributed by atoms with Gasteiger partial charge in [-0.05, 0) is 0 Å². The van der Waals surface area contributed by atoms with Crippen LogP contribution >= 0.6 is 7.81 Å². The van der Waals surface area contributed by atoms with Crippen LogP contribution in [0.15, 0.2) is 0 Å². The summed E-state index contributed by atoms with van der Waals surface area (Å²) in [5.41, 5.74) is 0. The van der Waals surface area contributed by atoms with Gasteiger partial charge in [0.15, 0.2) is 0 Å². The molecule has 0 unspecified atom stereocenters. The second-order valence-electron chi connectivity index (χ2n) is 0.610. The van der Waals surface area contributed by atoms with Gasteiger partial charge >= 0.3 is 40.1 Å². The Balaban J connectivity index is 3.39. The van der Waals surface area contributed by atoms with E-state index < -0.39 is 0 Å². The molecule has 3 heteroatoms. The van der Waals surface area contributed by atoms with E-state index in [1.165, 1.54) is 0 Å². The summed E-state index contributed by atoms with van der Waals surface area (Å²) in [4.78, 5) is 0. The average molecular weight is 124 g/mol. The van der Waals surface area contributed by atoms with Crippen molar-refractivity contribution >= 4 is 27.4 Å². The monoisotopic (exact) mass is 124 g/mol. The van der Waals surface area contributed by atoms with Crippen molar-refractivity contribution in [3.8, 4) is 0 Å². The molecule has 0 bridgehead atoms. The summed E-state index contributed by atoms with van der Waals surface area (Å²) in [7, 11) is 3.90. The molecule has 0 rings (SSSR count). The van der Waals surface area contributed by atoms with Crippen molar-refractivity contribution in [1.29, 1.82) is 0 Å². The first-order valence-corrected chi connectivity index (χ1v) is 4.72. The van der Waals surface area contributed by atoms with E-state index in [4.69, 9.17) is 0 Å². The van der Waals surface area contributed by atoms with Crippen LogP contribution < -0.4 is 0 Å². The Morgan fingerprint density at radius 3 is 2.20 bits per heavy atom. The van der Waals surface area contributed by atoms with E-state index in [1.54, 1.807) is 0 Å². The molecule has 0 aromatic heterocycles. The maximum atomic E-state index is 4.67. The third-order valence-corrected chi connectivity index (χ3v) is 2.22. The summed E-state index contributed by atoms with van der Waals surface area (Å²) in [6, 6.07) is 0. The summed E-state index contributed by atoms with van der Waals surface area (Å²) in [6.45, 7) is 2.03. The second-order valence-corrected chi connectivity index (χ2v) is 5.10. The van der Waals surface area contributed by atoms with Crippen molar-refractivity contribution in [2.45, 2.75) is 6.92 Å². The van der Waals surface area contributed by atoms with Gasteiger partial charge in [-0.1, -0.05) is 0 Å². The Morgan fingerprint density at radius 2 is 2.20 bits per heavy atom. The second kappa shape index (κ2) is 3.08. The Bertz CT molecular complexity index is 109. The quantitative estimate of drug-likeness (QED) is 0.440. The Kier molecular flexibility index (Phi) is 3.61. The third kappa shape index (κ3) is 4.87. The van der Waals surface area contributed by atoms with Crippen LogP contribution in [0.2, 0.25) is 0 Å². The van der Waals surface area contributed by atoms with Crippen LogP contribution in [0.4, 0.5) is 0 Å². The fourth-order valence-corrected chi connectivity index (χ4v) is 0. The van der Waals surface area contributed by atoms with E-state index in [-0.39, 0.29) is 8.43 Å². The van der Waals surface area contributed by atoms with E-state index >= 15 is 0 Å². The Morgan fingerprint density at radius 1 is 2.00 bits per heavy atom. The molecule has 0 radical (unpaired) electrons. The minimum absolute atomic E-state index is 0.0448. The maximum absolute atomic E-state index is 4.67. The molecule has 0 aromatic rings. The summed E-state index contributed by atoms with van der Waals surface area (Å²) < 4.78 is 0. The molecule has 0 aromatic carbocycles. The molecule has 30 valence electrons. The molecule has 0 atom stereocenters. The van der Waals surface area contributed by atoms with Crippen LogP contribution in [0.3, 0.4) is 0 Å². The molecule has 0 spiro atoms. The molecule has 0 amide bonds. The number of hydrogen-bond donors (Lipinski definition) is 0. The summed E-state index contributed by atoms with van der Waals surface area (Å²) in [5, 5.41) is 0. The van der Waals surface area contributed by atoms with E-state index in [9.17, 15) is 0 Å². The van der Waals surface area contributed by atoms with Gasteiger partial charge in [-0.2, -0.15) is 0 Å². The van der Waals surface area contributed by atoms with Crippen LogP contribution in [0, 0.1) is 0 Å². The summed E-state index contributed by atoms with van der Waals surface area (Å²) in [6.07, 6.45) is 0. The van der Waals surface area contributed by atoms with E-state index in [0.717, 1.165) is 5.75 Å². The van der Waals surface area contributed by atoms with Crippen LogP contribution in [-0.4, -0.2) is 5.75 Å². The molecular weight excluding hydrogens is 119 g/mol. The standard InChI is InChI=1S/C2H5PS2/c1-2-5(3)4/h2H2,1H3. The van der Waals surface area contributed by atoms with Gasteiger partial charge in [-0.3, -0.25) is 0 Å². The van der Waals surface area contributed by atoms with Crippen molar-refractivity contribution in [3.05, 3.63) is 0 Å². The predicted molar refractivity (Wildman–Crippen MR) is 32.2 cm³/mol. The topological polar surface area (TPSA) is 0 Å². The van der Waals surface area contributed by atoms with Crippen molar-refractivity contribution < 1.29 is 0 Å². The molecule has 0 aliphatic heterocycles. The van der Waals surface area contributed by atoms with Crippen LogP contribution in [-0.2, 0) is 19.6 Å². The van der Waals surface area contributed by atoms with Gasteiger partial charge in [0.05, 0.1) is 0 Å².